The number of hydrogen-bond donors (Lipinski definition) is 0. The van der Waals surface area contributed by atoms with Gasteiger partial charge in [-0.05, 0) is 29.8 Å². The molecule has 1 aliphatic heterocycles. The van der Waals surface area contributed by atoms with Crippen LogP contribution in [0.1, 0.15) is 11.6 Å². The topological polar surface area (TPSA) is 22.0 Å². The molecular formula is C18H15NO. The van der Waals surface area contributed by atoms with Crippen molar-refractivity contribution in [2.75, 3.05) is 0 Å². The van der Waals surface area contributed by atoms with Crippen molar-refractivity contribution in [2.24, 2.45) is 0 Å². The molecule has 1 aromatic carbocycles. The van der Waals surface area contributed by atoms with E-state index in [-0.39, 0.29) is 11.5 Å². The van der Waals surface area contributed by atoms with Gasteiger partial charge in [-0.2, -0.15) is 0 Å². The van der Waals surface area contributed by atoms with Crippen LogP contribution in [0.15, 0.2) is 84.3 Å². The molecule has 1 aliphatic carbocycles. The number of rotatable bonds is 3. The van der Waals surface area contributed by atoms with Crippen molar-refractivity contribution in [3.8, 4) is 11.3 Å². The SMILES string of the molecule is C=CC(c1ccccc1)n1cccc2c(=O)cccc1-2. The van der Waals surface area contributed by atoms with E-state index in [4.69, 9.17) is 0 Å². The predicted octanol–water partition coefficient (Wildman–Crippen LogP) is 3.73. The minimum Gasteiger partial charge on any atom is -0.336 e. The molecule has 1 atom stereocenters. The normalized spacial score (nSPS) is 12.2. The van der Waals surface area contributed by atoms with Crippen LogP contribution in [0.2, 0.25) is 0 Å². The fourth-order valence-corrected chi connectivity index (χ4v) is 2.54. The van der Waals surface area contributed by atoms with Gasteiger partial charge in [-0.25, -0.2) is 0 Å². The highest BCUT2D eigenvalue weighted by molar-refractivity contribution is 5.61. The van der Waals surface area contributed by atoms with Gasteiger partial charge in [-0.3, -0.25) is 4.79 Å². The van der Waals surface area contributed by atoms with Crippen molar-refractivity contribution in [1.29, 1.82) is 0 Å². The molecule has 0 radical (unpaired) electrons. The third-order valence-corrected chi connectivity index (χ3v) is 3.49. The first-order valence-corrected chi connectivity index (χ1v) is 6.58. The maximum absolute atomic E-state index is 11.9. The average Bonchev–Trinajstić information content (AvgIpc) is 2.50. The van der Waals surface area contributed by atoms with Crippen LogP contribution in [0.25, 0.3) is 11.3 Å². The van der Waals surface area contributed by atoms with Crippen LogP contribution in [-0.4, -0.2) is 4.57 Å². The van der Waals surface area contributed by atoms with Crippen molar-refractivity contribution in [1.82, 2.24) is 4.57 Å². The molecule has 0 saturated carbocycles. The van der Waals surface area contributed by atoms with Crippen LogP contribution >= 0.6 is 0 Å². The Morgan fingerprint density at radius 1 is 0.950 bits per heavy atom. The Hall–Kier alpha value is -2.61. The minimum absolute atomic E-state index is 0.0155. The Morgan fingerprint density at radius 3 is 2.50 bits per heavy atom. The lowest BCUT2D eigenvalue weighted by Gasteiger charge is -2.22. The van der Waals surface area contributed by atoms with Gasteiger partial charge < -0.3 is 4.57 Å². The van der Waals surface area contributed by atoms with Crippen molar-refractivity contribution >= 4 is 0 Å². The van der Waals surface area contributed by atoms with Crippen LogP contribution in [0.3, 0.4) is 0 Å². The van der Waals surface area contributed by atoms with Gasteiger partial charge in [0.1, 0.15) is 0 Å². The second kappa shape index (κ2) is 5.17. The highest BCUT2D eigenvalue weighted by Crippen LogP contribution is 2.26. The van der Waals surface area contributed by atoms with Gasteiger partial charge in [-0.1, -0.05) is 42.5 Å². The maximum Gasteiger partial charge on any atom is 0.187 e. The van der Waals surface area contributed by atoms with Crippen LogP contribution < -0.4 is 5.43 Å². The zero-order valence-electron chi connectivity index (χ0n) is 11.1. The second-order valence-corrected chi connectivity index (χ2v) is 4.70. The number of fused-ring (bicyclic) bond motifs is 1. The summed E-state index contributed by atoms with van der Waals surface area (Å²) in [6.45, 7) is 3.94. The molecule has 2 aliphatic rings. The Labute approximate surface area is 118 Å². The van der Waals surface area contributed by atoms with E-state index in [1.165, 1.54) is 0 Å². The molecule has 98 valence electrons. The molecular weight excluding hydrogens is 246 g/mol. The van der Waals surface area contributed by atoms with E-state index in [0.29, 0.717) is 0 Å². The molecule has 0 N–H and O–H groups in total. The quantitative estimate of drug-likeness (QED) is 0.658. The highest BCUT2D eigenvalue weighted by Gasteiger charge is 2.14. The van der Waals surface area contributed by atoms with Gasteiger partial charge in [0.05, 0.1) is 11.7 Å². The third-order valence-electron chi connectivity index (χ3n) is 3.49. The van der Waals surface area contributed by atoms with E-state index < -0.39 is 0 Å². The molecule has 3 rings (SSSR count). The molecule has 0 fully saturated rings. The average molecular weight is 261 g/mol. The number of pyridine rings is 1. The standard InChI is InChI=1S/C18H15NO/c1-2-16(14-8-4-3-5-9-14)19-13-7-10-15-17(19)11-6-12-18(15)20/h2-13,16H,1H2. The number of benzene rings is 2. The van der Waals surface area contributed by atoms with Crippen LogP contribution in [0.5, 0.6) is 0 Å². The zero-order valence-corrected chi connectivity index (χ0v) is 11.1. The third kappa shape index (κ3) is 2.05. The molecule has 20 heavy (non-hydrogen) atoms. The Balaban J connectivity index is 2.20. The molecule has 1 unspecified atom stereocenters. The summed E-state index contributed by atoms with van der Waals surface area (Å²) in [5, 5.41) is 0. The molecule has 0 aromatic heterocycles. The minimum atomic E-state index is 0.0155. The van der Waals surface area contributed by atoms with E-state index in [0.717, 1.165) is 16.8 Å². The summed E-state index contributed by atoms with van der Waals surface area (Å²) >= 11 is 0. The summed E-state index contributed by atoms with van der Waals surface area (Å²) in [6, 6.07) is 19.3. The van der Waals surface area contributed by atoms with Gasteiger partial charge in [0.15, 0.2) is 5.43 Å². The number of nitrogens with zero attached hydrogens (tertiary/aromatic N) is 1. The van der Waals surface area contributed by atoms with Gasteiger partial charge in [0.2, 0.25) is 0 Å². The molecule has 1 heterocycles. The summed E-state index contributed by atoms with van der Waals surface area (Å²) in [4.78, 5) is 11.9. The lowest BCUT2D eigenvalue weighted by Crippen LogP contribution is -2.15. The van der Waals surface area contributed by atoms with Gasteiger partial charge in [-0.15, -0.1) is 6.58 Å². The fourth-order valence-electron chi connectivity index (χ4n) is 2.54. The molecule has 0 bridgehead atoms. The maximum atomic E-state index is 11.9. The first-order valence-electron chi connectivity index (χ1n) is 6.58. The number of hydrogen-bond acceptors (Lipinski definition) is 1. The van der Waals surface area contributed by atoms with Crippen molar-refractivity contribution < 1.29 is 0 Å². The first-order chi connectivity index (χ1) is 9.81. The zero-order chi connectivity index (χ0) is 13.9. The van der Waals surface area contributed by atoms with E-state index in [1.54, 1.807) is 12.1 Å². The van der Waals surface area contributed by atoms with Crippen molar-refractivity contribution in [3.05, 3.63) is 95.3 Å². The van der Waals surface area contributed by atoms with E-state index in [1.807, 2.05) is 48.7 Å². The summed E-state index contributed by atoms with van der Waals surface area (Å²) in [5.74, 6) is 0. The number of aromatic nitrogens is 1. The lowest BCUT2D eigenvalue weighted by atomic mass is 10.0. The molecule has 0 spiro atoms. The highest BCUT2D eigenvalue weighted by atomic mass is 16.1. The van der Waals surface area contributed by atoms with Gasteiger partial charge in [0.25, 0.3) is 0 Å². The van der Waals surface area contributed by atoms with Crippen LogP contribution in [-0.2, 0) is 0 Å². The largest absolute Gasteiger partial charge is 0.336 e. The van der Waals surface area contributed by atoms with Crippen LogP contribution in [0, 0.1) is 0 Å². The van der Waals surface area contributed by atoms with E-state index in [9.17, 15) is 4.79 Å². The predicted molar refractivity (Wildman–Crippen MR) is 82.1 cm³/mol. The summed E-state index contributed by atoms with van der Waals surface area (Å²) < 4.78 is 2.08. The summed E-state index contributed by atoms with van der Waals surface area (Å²) in [6.07, 6.45) is 3.88. The Morgan fingerprint density at radius 2 is 1.75 bits per heavy atom. The molecule has 0 saturated heterocycles. The molecule has 0 amide bonds. The van der Waals surface area contributed by atoms with Gasteiger partial charge >= 0.3 is 0 Å². The van der Waals surface area contributed by atoms with Crippen molar-refractivity contribution in [2.45, 2.75) is 6.04 Å². The molecule has 1 aromatic rings. The Bertz CT molecular complexity index is 758. The van der Waals surface area contributed by atoms with E-state index >= 15 is 0 Å². The van der Waals surface area contributed by atoms with Crippen molar-refractivity contribution in [3.63, 3.8) is 0 Å². The van der Waals surface area contributed by atoms with E-state index in [2.05, 4.69) is 23.3 Å². The summed E-state index contributed by atoms with van der Waals surface area (Å²) in [5.41, 5.74) is 2.86. The molecule has 2 nitrogen and oxygen atoms in total. The van der Waals surface area contributed by atoms with Gasteiger partial charge in [0, 0.05) is 11.8 Å². The smallest absolute Gasteiger partial charge is 0.187 e. The first kappa shape index (κ1) is 12.4. The molecule has 2 heteroatoms. The van der Waals surface area contributed by atoms with Crippen LogP contribution in [0.4, 0.5) is 0 Å². The monoisotopic (exact) mass is 261 g/mol. The second-order valence-electron chi connectivity index (χ2n) is 4.70. The number of allylic oxidation sites excluding steroid dienone is 1. The lowest BCUT2D eigenvalue weighted by molar-refractivity contribution is 0.702. The Kier molecular flexibility index (Phi) is 3.21. The summed E-state index contributed by atoms with van der Waals surface area (Å²) in [7, 11) is 0. The fraction of sp³-hybridized carbons (Fsp3) is 0.0556.